The molecule has 0 atom stereocenters. The van der Waals surface area contributed by atoms with E-state index in [1.165, 1.54) is 16.4 Å². The first-order valence-corrected chi connectivity index (χ1v) is 10.2. The number of benzene rings is 1. The molecule has 2 rings (SSSR count). The summed E-state index contributed by atoms with van der Waals surface area (Å²) >= 11 is 0. The Balaban J connectivity index is 2.04. The molecule has 1 saturated heterocycles. The van der Waals surface area contributed by atoms with Crippen LogP contribution in [0.4, 0.5) is 0 Å². The molecule has 1 amide bonds. The second-order valence-electron chi connectivity index (χ2n) is 7.62. The number of nitrogens with zero attached hydrogens (tertiary/aromatic N) is 3. The van der Waals surface area contributed by atoms with E-state index >= 15 is 0 Å². The topological polar surface area (TPSA) is 73.0 Å². The predicted octanol–water partition coefficient (Wildman–Crippen LogP) is 0.693. The van der Waals surface area contributed by atoms with Gasteiger partial charge in [-0.3, -0.25) is 4.79 Å². The van der Waals surface area contributed by atoms with Crippen molar-refractivity contribution in [3.05, 3.63) is 29.8 Å². The molecule has 1 N–H and O–H groups in total. The van der Waals surface area contributed by atoms with Crippen LogP contribution in [0.5, 0.6) is 0 Å². The fraction of sp³-hybridized carbons (Fsp3) is 0.611. The van der Waals surface area contributed by atoms with E-state index in [1.807, 2.05) is 39.9 Å². The first-order chi connectivity index (χ1) is 12.0. The van der Waals surface area contributed by atoms with Gasteiger partial charge in [0.2, 0.25) is 10.0 Å². The minimum absolute atomic E-state index is 0.166. The minimum Gasteiger partial charge on any atom is -0.350 e. The lowest BCUT2D eigenvalue weighted by Gasteiger charge is -2.32. The van der Waals surface area contributed by atoms with E-state index in [9.17, 15) is 13.2 Å². The lowest BCUT2D eigenvalue weighted by Crippen LogP contribution is -2.48. The Morgan fingerprint density at radius 2 is 1.65 bits per heavy atom. The predicted molar refractivity (Wildman–Crippen MR) is 103 cm³/mol. The maximum absolute atomic E-state index is 12.7. The van der Waals surface area contributed by atoms with Crippen LogP contribution in [0.25, 0.3) is 0 Å². The van der Waals surface area contributed by atoms with E-state index in [1.54, 1.807) is 12.1 Å². The molecule has 0 radical (unpaired) electrons. The summed E-state index contributed by atoms with van der Waals surface area (Å²) in [4.78, 5) is 16.7. The second kappa shape index (κ2) is 8.04. The zero-order valence-electron chi connectivity index (χ0n) is 16.3. The maximum Gasteiger partial charge on any atom is 0.251 e. The van der Waals surface area contributed by atoms with Crippen molar-refractivity contribution in [3.63, 3.8) is 0 Å². The molecular formula is C18H30N4O3S. The van der Waals surface area contributed by atoms with E-state index in [0.29, 0.717) is 25.2 Å². The van der Waals surface area contributed by atoms with E-state index in [0.717, 1.165) is 13.1 Å². The van der Waals surface area contributed by atoms with Crippen molar-refractivity contribution in [2.45, 2.75) is 24.3 Å². The highest BCUT2D eigenvalue weighted by atomic mass is 32.2. The van der Waals surface area contributed by atoms with Gasteiger partial charge in [0, 0.05) is 43.8 Å². The van der Waals surface area contributed by atoms with Gasteiger partial charge in [-0.25, -0.2) is 8.42 Å². The van der Waals surface area contributed by atoms with Crippen molar-refractivity contribution >= 4 is 15.9 Å². The van der Waals surface area contributed by atoms with Crippen molar-refractivity contribution in [1.29, 1.82) is 0 Å². The molecule has 7 nitrogen and oxygen atoms in total. The fourth-order valence-corrected chi connectivity index (χ4v) is 3.93. The zero-order chi connectivity index (χ0) is 19.5. The second-order valence-corrected chi connectivity index (χ2v) is 9.56. The normalized spacial score (nSPS) is 17.5. The van der Waals surface area contributed by atoms with Gasteiger partial charge in [-0.05, 0) is 59.3 Å². The number of carbonyl (C=O) groups excluding carboxylic acids is 1. The highest BCUT2D eigenvalue weighted by molar-refractivity contribution is 7.89. The molecule has 26 heavy (non-hydrogen) atoms. The Bertz CT molecular complexity index is 721. The van der Waals surface area contributed by atoms with Crippen LogP contribution in [0.2, 0.25) is 0 Å². The van der Waals surface area contributed by atoms with Gasteiger partial charge in [0.05, 0.1) is 4.90 Å². The number of rotatable bonds is 6. The lowest BCUT2D eigenvalue weighted by molar-refractivity contribution is 0.0919. The standard InChI is InChI=1S/C18H30N4O3S/c1-18(2,20(3)4)14-19-17(23)15-6-8-16(9-7-15)26(24,25)22-12-10-21(5)11-13-22/h6-9H,10-14H2,1-5H3,(H,19,23). The van der Waals surface area contributed by atoms with Gasteiger partial charge in [-0.15, -0.1) is 0 Å². The number of sulfonamides is 1. The summed E-state index contributed by atoms with van der Waals surface area (Å²) < 4.78 is 26.9. The number of hydrogen-bond donors (Lipinski definition) is 1. The SMILES string of the molecule is CN1CCN(S(=O)(=O)c2ccc(C(=O)NCC(C)(C)N(C)C)cc2)CC1. The first kappa shape index (κ1) is 20.8. The maximum atomic E-state index is 12.7. The van der Waals surface area contributed by atoms with Gasteiger partial charge < -0.3 is 15.1 Å². The summed E-state index contributed by atoms with van der Waals surface area (Å²) in [6.07, 6.45) is 0. The number of likely N-dealkylation sites (N-methyl/N-ethyl adjacent to an activating group) is 2. The van der Waals surface area contributed by atoms with Crippen LogP contribution < -0.4 is 5.32 Å². The molecule has 0 saturated carbocycles. The van der Waals surface area contributed by atoms with Gasteiger partial charge in [0.1, 0.15) is 0 Å². The quantitative estimate of drug-likeness (QED) is 0.784. The van der Waals surface area contributed by atoms with Crippen molar-refractivity contribution in [3.8, 4) is 0 Å². The third-order valence-corrected chi connectivity index (χ3v) is 7.02. The summed E-state index contributed by atoms with van der Waals surface area (Å²) in [5.74, 6) is -0.205. The molecule has 1 heterocycles. The molecular weight excluding hydrogens is 352 g/mol. The van der Waals surface area contributed by atoms with Gasteiger partial charge in [-0.1, -0.05) is 0 Å². The van der Waals surface area contributed by atoms with Crippen LogP contribution in [0, 0.1) is 0 Å². The number of carbonyl (C=O) groups is 1. The third-order valence-electron chi connectivity index (χ3n) is 5.11. The summed E-state index contributed by atoms with van der Waals surface area (Å²) in [5.41, 5.74) is 0.289. The first-order valence-electron chi connectivity index (χ1n) is 8.78. The Labute approximate surface area is 157 Å². The molecule has 1 aliphatic heterocycles. The fourth-order valence-electron chi connectivity index (χ4n) is 2.51. The summed E-state index contributed by atoms with van der Waals surface area (Å²) in [6.45, 7) is 7.00. The van der Waals surface area contributed by atoms with Crippen molar-refractivity contribution in [2.24, 2.45) is 0 Å². The van der Waals surface area contributed by atoms with Crippen LogP contribution in [0.1, 0.15) is 24.2 Å². The molecule has 1 fully saturated rings. The van der Waals surface area contributed by atoms with Gasteiger partial charge in [0.15, 0.2) is 0 Å². The van der Waals surface area contributed by atoms with Crippen molar-refractivity contribution < 1.29 is 13.2 Å². The summed E-state index contributed by atoms with van der Waals surface area (Å²) in [5, 5.41) is 2.90. The highest BCUT2D eigenvalue weighted by Crippen LogP contribution is 2.18. The third kappa shape index (κ3) is 4.82. The number of nitrogens with one attached hydrogen (secondary N) is 1. The van der Waals surface area contributed by atoms with Crippen LogP contribution in [0.3, 0.4) is 0 Å². The Morgan fingerprint density at radius 3 is 2.15 bits per heavy atom. The Morgan fingerprint density at radius 1 is 1.12 bits per heavy atom. The van der Waals surface area contributed by atoms with Gasteiger partial charge in [-0.2, -0.15) is 4.31 Å². The van der Waals surface area contributed by atoms with E-state index < -0.39 is 10.0 Å². The van der Waals surface area contributed by atoms with Gasteiger partial charge >= 0.3 is 0 Å². The van der Waals surface area contributed by atoms with Crippen LogP contribution in [0.15, 0.2) is 29.2 Å². The molecule has 8 heteroatoms. The smallest absolute Gasteiger partial charge is 0.251 e. The molecule has 1 aliphatic rings. The Hall–Kier alpha value is -1.48. The minimum atomic E-state index is -3.51. The van der Waals surface area contributed by atoms with Crippen LogP contribution in [-0.2, 0) is 10.0 Å². The molecule has 0 spiro atoms. The van der Waals surface area contributed by atoms with E-state index in [-0.39, 0.29) is 16.3 Å². The number of piperazine rings is 1. The molecule has 0 bridgehead atoms. The molecule has 0 aromatic heterocycles. The number of hydrogen-bond acceptors (Lipinski definition) is 5. The van der Waals surface area contributed by atoms with Crippen molar-refractivity contribution in [2.75, 3.05) is 53.9 Å². The molecule has 146 valence electrons. The lowest BCUT2D eigenvalue weighted by atomic mass is 10.0. The van der Waals surface area contributed by atoms with Crippen LogP contribution >= 0.6 is 0 Å². The summed E-state index contributed by atoms with van der Waals surface area (Å²) in [6, 6.07) is 6.17. The average Bonchev–Trinajstić information content (AvgIpc) is 2.60. The summed E-state index contributed by atoms with van der Waals surface area (Å²) in [7, 11) is 2.40. The zero-order valence-corrected chi connectivity index (χ0v) is 17.1. The molecule has 0 unspecified atom stereocenters. The highest BCUT2D eigenvalue weighted by Gasteiger charge is 2.27. The largest absolute Gasteiger partial charge is 0.350 e. The molecule has 1 aromatic rings. The average molecular weight is 383 g/mol. The molecule has 0 aliphatic carbocycles. The monoisotopic (exact) mass is 382 g/mol. The van der Waals surface area contributed by atoms with E-state index in [2.05, 4.69) is 10.2 Å². The molecule has 1 aromatic carbocycles. The Kier molecular flexibility index (Phi) is 6.44. The van der Waals surface area contributed by atoms with Crippen molar-refractivity contribution in [1.82, 2.24) is 19.4 Å². The van der Waals surface area contributed by atoms with Gasteiger partial charge in [0.25, 0.3) is 5.91 Å². The van der Waals surface area contributed by atoms with Crippen LogP contribution in [-0.4, -0.2) is 87.8 Å². The van der Waals surface area contributed by atoms with E-state index in [4.69, 9.17) is 0 Å². The number of amides is 1.